The predicted octanol–water partition coefficient (Wildman–Crippen LogP) is 2.76. The highest BCUT2D eigenvalue weighted by Crippen LogP contribution is 2.15. The summed E-state index contributed by atoms with van der Waals surface area (Å²) in [7, 11) is 1.59. The SMILES string of the molecule is COc1ccc(/C=N/NC(=O)CN2CC(=O)N(N=C(C)c3ccc(Br)cc3)C2=S)cc1. The average molecular weight is 502 g/mol. The van der Waals surface area contributed by atoms with E-state index in [0.29, 0.717) is 5.71 Å². The van der Waals surface area contributed by atoms with E-state index in [0.717, 1.165) is 26.4 Å². The van der Waals surface area contributed by atoms with Crippen molar-refractivity contribution in [2.45, 2.75) is 6.92 Å². The summed E-state index contributed by atoms with van der Waals surface area (Å²) < 4.78 is 6.04. The van der Waals surface area contributed by atoms with Crippen molar-refractivity contribution in [2.75, 3.05) is 20.2 Å². The predicted molar refractivity (Wildman–Crippen MR) is 126 cm³/mol. The number of nitrogens with one attached hydrogen (secondary N) is 1. The first-order chi connectivity index (χ1) is 14.9. The molecule has 1 saturated heterocycles. The Morgan fingerprint density at radius 3 is 2.55 bits per heavy atom. The lowest BCUT2D eigenvalue weighted by molar-refractivity contribution is -0.125. The van der Waals surface area contributed by atoms with Gasteiger partial charge in [-0.05, 0) is 66.7 Å². The summed E-state index contributed by atoms with van der Waals surface area (Å²) >= 11 is 8.73. The van der Waals surface area contributed by atoms with Gasteiger partial charge in [-0.3, -0.25) is 9.59 Å². The van der Waals surface area contributed by atoms with Crippen molar-refractivity contribution in [1.29, 1.82) is 0 Å². The number of hydrazone groups is 2. The lowest BCUT2D eigenvalue weighted by Crippen LogP contribution is -2.37. The maximum Gasteiger partial charge on any atom is 0.269 e. The van der Waals surface area contributed by atoms with Crippen molar-refractivity contribution >= 4 is 57.0 Å². The minimum Gasteiger partial charge on any atom is -0.497 e. The molecular weight excluding hydrogens is 482 g/mol. The fourth-order valence-corrected chi connectivity index (χ4v) is 3.27. The van der Waals surface area contributed by atoms with E-state index < -0.39 is 5.91 Å². The van der Waals surface area contributed by atoms with Gasteiger partial charge in [-0.1, -0.05) is 28.1 Å². The van der Waals surface area contributed by atoms with Gasteiger partial charge in [-0.15, -0.1) is 0 Å². The minimum absolute atomic E-state index is 0.0223. The minimum atomic E-state index is -0.393. The first-order valence-corrected chi connectivity index (χ1v) is 10.5. The smallest absolute Gasteiger partial charge is 0.269 e. The van der Waals surface area contributed by atoms with E-state index in [1.165, 1.54) is 11.1 Å². The molecule has 1 aliphatic heterocycles. The van der Waals surface area contributed by atoms with Crippen LogP contribution >= 0.6 is 28.1 Å². The second kappa shape index (κ2) is 10.3. The van der Waals surface area contributed by atoms with Crippen LogP contribution in [0.5, 0.6) is 5.75 Å². The van der Waals surface area contributed by atoms with E-state index in [-0.39, 0.29) is 24.1 Å². The fourth-order valence-electron chi connectivity index (χ4n) is 2.74. The van der Waals surface area contributed by atoms with Crippen molar-refractivity contribution in [2.24, 2.45) is 10.2 Å². The van der Waals surface area contributed by atoms with Crippen molar-refractivity contribution in [1.82, 2.24) is 15.3 Å². The van der Waals surface area contributed by atoms with Crippen molar-refractivity contribution in [3.05, 3.63) is 64.1 Å². The van der Waals surface area contributed by atoms with Crippen LogP contribution in [0.1, 0.15) is 18.1 Å². The van der Waals surface area contributed by atoms with Crippen molar-refractivity contribution in [3.8, 4) is 5.75 Å². The first-order valence-electron chi connectivity index (χ1n) is 9.26. The van der Waals surface area contributed by atoms with Gasteiger partial charge in [0.1, 0.15) is 18.8 Å². The quantitative estimate of drug-likeness (QED) is 0.358. The second-order valence-electron chi connectivity index (χ2n) is 6.60. The lowest BCUT2D eigenvalue weighted by atomic mass is 10.1. The molecular formula is C21H20BrN5O3S. The molecule has 0 aliphatic carbocycles. The second-order valence-corrected chi connectivity index (χ2v) is 7.88. The van der Waals surface area contributed by atoms with E-state index in [4.69, 9.17) is 17.0 Å². The molecule has 1 N–H and O–H groups in total. The molecule has 0 spiro atoms. The number of carbonyl (C=O) groups is 2. The number of benzene rings is 2. The molecule has 1 aliphatic rings. The van der Waals surface area contributed by atoms with Crippen LogP contribution in [-0.4, -0.2) is 59.0 Å². The number of hydrogen-bond acceptors (Lipinski definition) is 6. The molecule has 10 heteroatoms. The van der Waals surface area contributed by atoms with Crippen LogP contribution in [-0.2, 0) is 9.59 Å². The lowest BCUT2D eigenvalue weighted by Gasteiger charge is -2.16. The molecule has 8 nitrogen and oxygen atoms in total. The Labute approximate surface area is 193 Å². The molecule has 0 atom stereocenters. The molecule has 0 bridgehead atoms. The molecule has 31 heavy (non-hydrogen) atoms. The van der Waals surface area contributed by atoms with Crippen LogP contribution in [0.25, 0.3) is 0 Å². The molecule has 0 saturated carbocycles. The van der Waals surface area contributed by atoms with Gasteiger partial charge in [0.05, 0.1) is 19.0 Å². The van der Waals surface area contributed by atoms with E-state index >= 15 is 0 Å². The van der Waals surface area contributed by atoms with Gasteiger partial charge in [0.2, 0.25) is 5.11 Å². The maximum atomic E-state index is 12.4. The third-order valence-electron chi connectivity index (χ3n) is 4.38. The summed E-state index contributed by atoms with van der Waals surface area (Å²) in [5, 5.41) is 9.60. The standard InChI is InChI=1S/C21H20BrN5O3S/c1-14(16-5-7-17(22)8-6-16)25-27-20(29)13-26(21(27)31)12-19(28)24-23-11-15-3-9-18(30-2)10-4-15/h3-11H,12-13H2,1-2H3,(H,24,28)/b23-11+,25-14?. The molecule has 0 unspecified atom stereocenters. The average Bonchev–Trinajstić information content (AvgIpc) is 3.02. The van der Waals surface area contributed by atoms with Crippen LogP contribution < -0.4 is 10.2 Å². The topological polar surface area (TPSA) is 86.6 Å². The molecule has 2 aromatic carbocycles. The Kier molecular flexibility index (Phi) is 7.48. The Morgan fingerprint density at radius 1 is 1.23 bits per heavy atom. The maximum absolute atomic E-state index is 12.4. The number of carbonyl (C=O) groups excluding carboxylic acids is 2. The number of amides is 2. The van der Waals surface area contributed by atoms with Gasteiger partial charge in [-0.25, -0.2) is 5.43 Å². The Morgan fingerprint density at radius 2 is 1.90 bits per heavy atom. The first kappa shape index (κ1) is 22.6. The van der Waals surface area contributed by atoms with E-state index in [2.05, 4.69) is 31.6 Å². The summed E-state index contributed by atoms with van der Waals surface area (Å²) in [6.45, 7) is 1.67. The summed E-state index contributed by atoms with van der Waals surface area (Å²) in [5.74, 6) is 0.0438. The third kappa shape index (κ3) is 5.96. The normalized spacial score (nSPS) is 14.5. The Hall–Kier alpha value is -3.11. The van der Waals surface area contributed by atoms with E-state index in [9.17, 15) is 9.59 Å². The molecule has 0 radical (unpaired) electrons. The van der Waals surface area contributed by atoms with E-state index in [1.807, 2.05) is 36.4 Å². The molecule has 160 valence electrons. The molecule has 1 fully saturated rings. The van der Waals surface area contributed by atoms with Gasteiger partial charge in [-0.2, -0.15) is 15.2 Å². The largest absolute Gasteiger partial charge is 0.497 e. The zero-order chi connectivity index (χ0) is 22.4. The van der Waals surface area contributed by atoms with Gasteiger partial charge in [0.15, 0.2) is 0 Å². The van der Waals surface area contributed by atoms with Gasteiger partial charge >= 0.3 is 0 Å². The van der Waals surface area contributed by atoms with Crippen LogP contribution in [0, 0.1) is 0 Å². The highest BCUT2D eigenvalue weighted by molar-refractivity contribution is 9.10. The number of nitrogens with zero attached hydrogens (tertiary/aromatic N) is 4. The van der Waals surface area contributed by atoms with Gasteiger partial charge in [0.25, 0.3) is 11.8 Å². The van der Waals surface area contributed by atoms with Crippen LogP contribution in [0.2, 0.25) is 0 Å². The number of methoxy groups -OCH3 is 1. The van der Waals surface area contributed by atoms with Crippen molar-refractivity contribution in [3.63, 3.8) is 0 Å². The van der Waals surface area contributed by atoms with Crippen LogP contribution in [0.4, 0.5) is 0 Å². The molecule has 3 rings (SSSR count). The van der Waals surface area contributed by atoms with Crippen LogP contribution in [0.15, 0.2) is 63.2 Å². The monoisotopic (exact) mass is 501 g/mol. The highest BCUT2D eigenvalue weighted by atomic mass is 79.9. The number of hydrogen-bond donors (Lipinski definition) is 1. The zero-order valence-corrected chi connectivity index (χ0v) is 19.3. The number of rotatable bonds is 7. The third-order valence-corrected chi connectivity index (χ3v) is 5.34. The molecule has 2 amide bonds. The molecule has 2 aromatic rings. The van der Waals surface area contributed by atoms with Crippen LogP contribution in [0.3, 0.4) is 0 Å². The van der Waals surface area contributed by atoms with Crippen molar-refractivity contribution < 1.29 is 14.3 Å². The Bertz CT molecular complexity index is 1040. The fraction of sp³-hybridized carbons (Fsp3) is 0.190. The van der Waals surface area contributed by atoms with Gasteiger partial charge < -0.3 is 9.64 Å². The summed E-state index contributed by atoms with van der Waals surface area (Å²) in [6.07, 6.45) is 1.52. The number of thiocarbonyl (C=S) groups is 1. The summed E-state index contributed by atoms with van der Waals surface area (Å²) in [6, 6.07) is 14.8. The summed E-state index contributed by atoms with van der Waals surface area (Å²) in [4.78, 5) is 26.0. The highest BCUT2D eigenvalue weighted by Gasteiger charge is 2.34. The Balaban J connectivity index is 1.57. The molecule has 0 aromatic heterocycles. The van der Waals surface area contributed by atoms with E-state index in [1.54, 1.807) is 26.2 Å². The molecule has 1 heterocycles. The van der Waals surface area contributed by atoms with Gasteiger partial charge in [0, 0.05) is 4.47 Å². The number of halogens is 1. The number of ether oxygens (including phenoxy) is 1. The zero-order valence-electron chi connectivity index (χ0n) is 16.9. The summed E-state index contributed by atoms with van der Waals surface area (Å²) in [5.41, 5.74) is 4.74.